The average molecular weight is 526 g/mol. The number of hydrogen-bond donors (Lipinski definition) is 0. The Bertz CT molecular complexity index is 1520. The molecule has 1 saturated carbocycles. The van der Waals surface area contributed by atoms with Gasteiger partial charge in [-0.2, -0.15) is 0 Å². The molecule has 4 aliphatic carbocycles. The van der Waals surface area contributed by atoms with Crippen LogP contribution < -0.4 is 10.4 Å². The number of allylic oxidation sites excluding steroid dienone is 1. The second kappa shape index (κ2) is 7.41. The van der Waals surface area contributed by atoms with Gasteiger partial charge in [-0.15, -0.1) is 0 Å². The lowest BCUT2D eigenvalue weighted by atomic mass is 9.68. The molecule has 0 N–H and O–H groups in total. The Morgan fingerprint density at radius 2 is 1.72 bits per heavy atom. The van der Waals surface area contributed by atoms with E-state index in [-0.39, 0.29) is 0 Å². The van der Waals surface area contributed by atoms with E-state index < -0.39 is 0 Å². The van der Waals surface area contributed by atoms with E-state index >= 15 is 0 Å². The van der Waals surface area contributed by atoms with Gasteiger partial charge in [0.1, 0.15) is 0 Å². The summed E-state index contributed by atoms with van der Waals surface area (Å²) >= 11 is 2.42. The van der Waals surface area contributed by atoms with Crippen LogP contribution in [0, 0.1) is 31.9 Å². The number of fused-ring (bicyclic) bond motifs is 5. The van der Waals surface area contributed by atoms with Crippen LogP contribution in [0.15, 0.2) is 48.5 Å². The van der Waals surface area contributed by atoms with E-state index in [0.717, 1.165) is 24.7 Å². The maximum atomic E-state index is 5.13. The standard InChI is InChI=1S/C30H25IN/c31-22-9-11-23-20(15-22)7-10-25-24(23)12-13-26-27(25)16-21(18-3-1-4-18)17-28(26)30-14-8-19-5-2-6-29(19)32-30/h2,7-9,11-15,18,21H,1,3-4,6,10,16-17H2. The van der Waals surface area contributed by atoms with Gasteiger partial charge in [-0.1, -0.05) is 55.7 Å². The van der Waals surface area contributed by atoms with Crippen LogP contribution in [0.4, 0.5) is 0 Å². The molecule has 0 bridgehead atoms. The van der Waals surface area contributed by atoms with E-state index in [0.29, 0.717) is 0 Å². The summed E-state index contributed by atoms with van der Waals surface area (Å²) in [5.41, 5.74) is 8.21. The molecule has 1 nitrogen and oxygen atoms in total. The summed E-state index contributed by atoms with van der Waals surface area (Å²) in [5.74, 6) is 1.65. The maximum absolute atomic E-state index is 5.13. The summed E-state index contributed by atoms with van der Waals surface area (Å²) in [4.78, 5) is 5.13. The fourth-order valence-corrected chi connectivity index (χ4v) is 6.78. The molecule has 0 amide bonds. The van der Waals surface area contributed by atoms with Crippen molar-refractivity contribution < 1.29 is 0 Å². The summed E-state index contributed by atoms with van der Waals surface area (Å²) < 4.78 is 1.31. The zero-order chi connectivity index (χ0) is 21.2. The summed E-state index contributed by atoms with van der Waals surface area (Å²) in [6.07, 6.45) is 16.5. The maximum Gasteiger partial charge on any atom is 0.0671 e. The van der Waals surface area contributed by atoms with Gasteiger partial charge in [0, 0.05) is 15.6 Å². The number of hydrogen-bond acceptors (Lipinski definition) is 1. The molecule has 0 aliphatic heterocycles. The lowest BCUT2D eigenvalue weighted by molar-refractivity contribution is 0.205. The number of rotatable bonds is 2. The first-order chi connectivity index (χ1) is 15.7. The van der Waals surface area contributed by atoms with E-state index in [2.05, 4.69) is 83.3 Å². The van der Waals surface area contributed by atoms with Gasteiger partial charge in [0.25, 0.3) is 0 Å². The highest BCUT2D eigenvalue weighted by Gasteiger charge is 2.32. The molecule has 157 valence electrons. The zero-order valence-electron chi connectivity index (χ0n) is 18.1. The fraction of sp³-hybridized carbons (Fsp3) is 0.300. The fourth-order valence-electron chi connectivity index (χ4n) is 6.26. The lowest BCUT2D eigenvalue weighted by Crippen LogP contribution is -2.33. The molecule has 1 atom stereocenters. The second-order valence-electron chi connectivity index (χ2n) is 9.84. The van der Waals surface area contributed by atoms with Crippen molar-refractivity contribution in [3.05, 3.63) is 107 Å². The van der Waals surface area contributed by atoms with Crippen molar-refractivity contribution in [1.29, 1.82) is 0 Å². The monoisotopic (exact) mass is 526 g/mol. The smallest absolute Gasteiger partial charge is 0.0671 e. The molecule has 1 heterocycles. The minimum absolute atomic E-state index is 0.760. The van der Waals surface area contributed by atoms with Crippen molar-refractivity contribution in [2.24, 2.45) is 11.8 Å². The largest absolute Gasteiger partial charge is 0.252 e. The van der Waals surface area contributed by atoms with Crippen molar-refractivity contribution in [1.82, 2.24) is 4.98 Å². The molecule has 3 aromatic rings. The van der Waals surface area contributed by atoms with Crippen LogP contribution in [0.3, 0.4) is 0 Å². The average Bonchev–Trinajstić information content (AvgIpc) is 3.24. The molecular formula is C30H25IN. The first-order valence-corrected chi connectivity index (χ1v) is 13.0. The summed E-state index contributed by atoms with van der Waals surface area (Å²) in [5, 5.41) is 5.71. The van der Waals surface area contributed by atoms with Crippen LogP contribution in [-0.2, 0) is 19.3 Å². The number of pyridine rings is 1. The SMILES string of the molecule is Ic1ccc2c(c1)=CCc1c3c(ccc1=2)=C(c1ccc2c(n1)CC=[C]2)CC(C1CCC1)C3. The summed E-state index contributed by atoms with van der Waals surface area (Å²) in [7, 11) is 0. The van der Waals surface area contributed by atoms with Crippen LogP contribution in [0.1, 0.15) is 53.8 Å². The Hall–Kier alpha value is -2.20. The van der Waals surface area contributed by atoms with Gasteiger partial charge in [-0.3, -0.25) is 4.98 Å². The molecule has 1 radical (unpaired) electrons. The Morgan fingerprint density at radius 1 is 0.844 bits per heavy atom. The predicted molar refractivity (Wildman–Crippen MR) is 137 cm³/mol. The van der Waals surface area contributed by atoms with Crippen LogP contribution in [0.2, 0.25) is 0 Å². The molecule has 7 rings (SSSR count). The van der Waals surface area contributed by atoms with Crippen molar-refractivity contribution in [2.75, 3.05) is 0 Å². The van der Waals surface area contributed by atoms with Crippen molar-refractivity contribution in [2.45, 2.75) is 44.9 Å². The Labute approximate surface area is 202 Å². The highest BCUT2D eigenvalue weighted by Crippen LogP contribution is 2.41. The molecule has 32 heavy (non-hydrogen) atoms. The molecular weight excluding hydrogens is 501 g/mol. The highest BCUT2D eigenvalue weighted by molar-refractivity contribution is 14.1. The van der Waals surface area contributed by atoms with Gasteiger partial charge in [0.15, 0.2) is 0 Å². The van der Waals surface area contributed by atoms with Gasteiger partial charge in [-0.25, -0.2) is 0 Å². The molecule has 0 spiro atoms. The zero-order valence-corrected chi connectivity index (χ0v) is 20.3. The molecule has 2 aromatic carbocycles. The molecule has 1 unspecified atom stereocenters. The van der Waals surface area contributed by atoms with E-state index in [1.165, 1.54) is 79.1 Å². The Balaban J connectivity index is 1.49. The van der Waals surface area contributed by atoms with Crippen LogP contribution >= 0.6 is 22.6 Å². The second-order valence-corrected chi connectivity index (χ2v) is 11.1. The van der Waals surface area contributed by atoms with E-state index in [1.54, 1.807) is 11.1 Å². The minimum atomic E-state index is 0.760. The first kappa shape index (κ1) is 19.3. The van der Waals surface area contributed by atoms with Gasteiger partial charge >= 0.3 is 0 Å². The minimum Gasteiger partial charge on any atom is -0.252 e. The first-order valence-electron chi connectivity index (χ1n) is 12.0. The van der Waals surface area contributed by atoms with Crippen molar-refractivity contribution in [3.8, 4) is 0 Å². The van der Waals surface area contributed by atoms with E-state index in [1.807, 2.05) is 0 Å². The van der Waals surface area contributed by atoms with Crippen LogP contribution in [0.5, 0.6) is 0 Å². The third-order valence-corrected chi connectivity index (χ3v) is 8.84. The summed E-state index contributed by atoms with van der Waals surface area (Å²) in [6, 6.07) is 16.2. The highest BCUT2D eigenvalue weighted by atomic mass is 127. The van der Waals surface area contributed by atoms with Crippen LogP contribution in [0.25, 0.3) is 11.6 Å². The number of nitrogens with zero attached hydrogens (tertiary/aromatic N) is 1. The van der Waals surface area contributed by atoms with Gasteiger partial charge < -0.3 is 0 Å². The van der Waals surface area contributed by atoms with E-state index in [4.69, 9.17) is 4.98 Å². The number of aromatic nitrogens is 1. The molecule has 4 aliphatic rings. The van der Waals surface area contributed by atoms with Crippen LogP contribution in [-0.4, -0.2) is 4.98 Å². The third-order valence-electron chi connectivity index (χ3n) is 8.17. The Kier molecular flexibility index (Phi) is 4.47. The topological polar surface area (TPSA) is 12.9 Å². The molecule has 0 saturated heterocycles. The third kappa shape index (κ3) is 2.98. The van der Waals surface area contributed by atoms with E-state index in [9.17, 15) is 0 Å². The number of benzene rings is 2. The van der Waals surface area contributed by atoms with Gasteiger partial charge in [-0.05, 0) is 116 Å². The van der Waals surface area contributed by atoms with Gasteiger partial charge in [0.05, 0.1) is 11.4 Å². The normalized spacial score (nSPS) is 20.7. The predicted octanol–water partition coefficient (Wildman–Crippen LogP) is 5.13. The number of halogens is 1. The van der Waals surface area contributed by atoms with Crippen molar-refractivity contribution in [3.63, 3.8) is 0 Å². The molecule has 1 aromatic heterocycles. The lowest BCUT2D eigenvalue weighted by Gasteiger charge is -2.37. The quantitative estimate of drug-likeness (QED) is 0.422. The van der Waals surface area contributed by atoms with Gasteiger partial charge in [0.2, 0.25) is 0 Å². The molecule has 1 fully saturated rings. The Morgan fingerprint density at radius 3 is 2.59 bits per heavy atom. The van der Waals surface area contributed by atoms with Crippen molar-refractivity contribution >= 4 is 34.2 Å². The molecule has 2 heteroatoms. The summed E-state index contributed by atoms with van der Waals surface area (Å²) in [6.45, 7) is 0.